The normalized spacial score (nSPS) is 35.1. The van der Waals surface area contributed by atoms with Crippen molar-refractivity contribution in [3.63, 3.8) is 0 Å². The fourth-order valence-corrected chi connectivity index (χ4v) is 2.88. The zero-order valence-corrected chi connectivity index (χ0v) is 8.97. The van der Waals surface area contributed by atoms with Crippen molar-refractivity contribution in [1.82, 2.24) is 10.2 Å². The van der Waals surface area contributed by atoms with E-state index in [1.807, 2.05) is 0 Å². The first-order valence-corrected chi connectivity index (χ1v) is 5.69. The van der Waals surface area contributed by atoms with Gasteiger partial charge in [0.15, 0.2) is 0 Å². The third-order valence-electron chi connectivity index (χ3n) is 3.81. The second kappa shape index (κ2) is 3.58. The lowest BCUT2D eigenvalue weighted by molar-refractivity contribution is 0.0769. The van der Waals surface area contributed by atoms with Gasteiger partial charge in [-0.3, -0.25) is 4.90 Å². The molecule has 2 fully saturated rings. The largest absolute Gasteiger partial charge is 0.312 e. The fourth-order valence-electron chi connectivity index (χ4n) is 2.88. The fraction of sp³-hybridized carbons (Fsp3) is 1.00. The van der Waals surface area contributed by atoms with Gasteiger partial charge in [0.05, 0.1) is 0 Å². The molecule has 1 saturated heterocycles. The van der Waals surface area contributed by atoms with Crippen LogP contribution in [0, 0.1) is 0 Å². The van der Waals surface area contributed by atoms with Crippen LogP contribution in [0.5, 0.6) is 0 Å². The summed E-state index contributed by atoms with van der Waals surface area (Å²) >= 11 is 0. The Bertz CT molecular complexity index is 173. The highest BCUT2D eigenvalue weighted by Gasteiger charge is 2.36. The van der Waals surface area contributed by atoms with E-state index in [9.17, 15) is 0 Å². The maximum atomic E-state index is 3.51. The minimum atomic E-state index is 0.538. The van der Waals surface area contributed by atoms with Gasteiger partial charge < -0.3 is 5.32 Å². The summed E-state index contributed by atoms with van der Waals surface area (Å²) in [4.78, 5) is 2.71. The molecule has 2 heteroatoms. The Labute approximate surface area is 81.7 Å². The lowest BCUT2D eigenvalue weighted by atomic mass is 9.96. The van der Waals surface area contributed by atoms with Crippen LogP contribution in [-0.4, -0.2) is 36.1 Å². The summed E-state index contributed by atoms with van der Waals surface area (Å²) in [5.41, 5.74) is 0.538. The van der Waals surface area contributed by atoms with E-state index in [1.54, 1.807) is 0 Å². The van der Waals surface area contributed by atoms with Crippen molar-refractivity contribution in [2.75, 3.05) is 19.6 Å². The minimum Gasteiger partial charge on any atom is -0.312 e. The van der Waals surface area contributed by atoms with Gasteiger partial charge in [-0.15, -0.1) is 0 Å². The van der Waals surface area contributed by atoms with Crippen molar-refractivity contribution in [2.45, 2.75) is 51.1 Å². The molecule has 0 aromatic rings. The number of hydrogen-bond donors (Lipinski definition) is 1. The topological polar surface area (TPSA) is 15.3 Å². The van der Waals surface area contributed by atoms with E-state index in [-0.39, 0.29) is 0 Å². The van der Waals surface area contributed by atoms with Gasteiger partial charge in [-0.25, -0.2) is 0 Å². The van der Waals surface area contributed by atoms with Crippen LogP contribution in [0.3, 0.4) is 0 Å². The van der Waals surface area contributed by atoms with E-state index in [4.69, 9.17) is 0 Å². The molecule has 2 nitrogen and oxygen atoms in total. The summed E-state index contributed by atoms with van der Waals surface area (Å²) < 4.78 is 0. The Morgan fingerprint density at radius 1 is 1.31 bits per heavy atom. The highest BCUT2D eigenvalue weighted by Crippen LogP contribution is 2.35. The maximum absolute atomic E-state index is 3.51. The van der Waals surface area contributed by atoms with Crippen LogP contribution < -0.4 is 5.32 Å². The van der Waals surface area contributed by atoms with Gasteiger partial charge in [0, 0.05) is 31.2 Å². The van der Waals surface area contributed by atoms with Crippen LogP contribution in [-0.2, 0) is 0 Å². The standard InChI is InChI=1S/C11H22N2/c1-10-9-13(8-7-12-10)11(2)5-3-4-6-11/h10,12H,3-9H2,1-2H3. The molecule has 1 aliphatic carbocycles. The highest BCUT2D eigenvalue weighted by molar-refractivity contribution is 4.93. The Morgan fingerprint density at radius 3 is 2.62 bits per heavy atom. The maximum Gasteiger partial charge on any atom is 0.0182 e. The van der Waals surface area contributed by atoms with E-state index >= 15 is 0 Å². The average molecular weight is 182 g/mol. The van der Waals surface area contributed by atoms with Crippen LogP contribution in [0.2, 0.25) is 0 Å². The second-order valence-electron chi connectivity index (χ2n) is 5.01. The molecule has 2 aliphatic rings. The van der Waals surface area contributed by atoms with Crippen molar-refractivity contribution in [3.05, 3.63) is 0 Å². The van der Waals surface area contributed by atoms with Gasteiger partial charge in [-0.2, -0.15) is 0 Å². The SMILES string of the molecule is CC1CN(C2(C)CCCC2)CCN1. The highest BCUT2D eigenvalue weighted by atomic mass is 15.3. The van der Waals surface area contributed by atoms with Gasteiger partial charge in [-0.05, 0) is 26.7 Å². The molecule has 76 valence electrons. The minimum absolute atomic E-state index is 0.538. The molecule has 1 unspecified atom stereocenters. The van der Waals surface area contributed by atoms with Gasteiger partial charge in [0.25, 0.3) is 0 Å². The van der Waals surface area contributed by atoms with E-state index < -0.39 is 0 Å². The smallest absolute Gasteiger partial charge is 0.0182 e. The number of rotatable bonds is 1. The first-order valence-electron chi connectivity index (χ1n) is 5.69. The lowest BCUT2D eigenvalue weighted by Crippen LogP contribution is -2.56. The van der Waals surface area contributed by atoms with Crippen molar-refractivity contribution < 1.29 is 0 Å². The Hall–Kier alpha value is -0.0800. The molecule has 0 radical (unpaired) electrons. The summed E-state index contributed by atoms with van der Waals surface area (Å²) in [6, 6.07) is 0.686. The molecule has 1 saturated carbocycles. The van der Waals surface area contributed by atoms with Crippen molar-refractivity contribution in [1.29, 1.82) is 0 Å². The molecule has 1 aliphatic heterocycles. The Balaban J connectivity index is 1.98. The van der Waals surface area contributed by atoms with Gasteiger partial charge in [-0.1, -0.05) is 12.8 Å². The molecule has 1 N–H and O–H groups in total. The molecule has 0 spiro atoms. The summed E-state index contributed by atoms with van der Waals surface area (Å²) in [7, 11) is 0. The van der Waals surface area contributed by atoms with Crippen molar-refractivity contribution in [3.8, 4) is 0 Å². The summed E-state index contributed by atoms with van der Waals surface area (Å²) in [6.45, 7) is 8.43. The zero-order chi connectivity index (χ0) is 9.31. The molecule has 2 rings (SSSR count). The van der Waals surface area contributed by atoms with Gasteiger partial charge in [0.2, 0.25) is 0 Å². The average Bonchev–Trinajstić information content (AvgIpc) is 2.54. The third kappa shape index (κ3) is 1.89. The van der Waals surface area contributed by atoms with E-state index in [0.717, 1.165) is 0 Å². The molecule has 0 amide bonds. The molecule has 1 atom stereocenters. The Morgan fingerprint density at radius 2 is 2.00 bits per heavy atom. The van der Waals surface area contributed by atoms with Crippen LogP contribution in [0.1, 0.15) is 39.5 Å². The summed E-state index contributed by atoms with van der Waals surface area (Å²) in [6.07, 6.45) is 5.71. The van der Waals surface area contributed by atoms with Crippen LogP contribution in [0.4, 0.5) is 0 Å². The lowest BCUT2D eigenvalue weighted by Gasteiger charge is -2.43. The monoisotopic (exact) mass is 182 g/mol. The second-order valence-corrected chi connectivity index (χ2v) is 5.01. The Kier molecular flexibility index (Phi) is 2.61. The molecule has 0 aromatic heterocycles. The number of nitrogens with one attached hydrogen (secondary N) is 1. The molecular formula is C11H22N2. The number of nitrogens with zero attached hydrogens (tertiary/aromatic N) is 1. The predicted molar refractivity (Wildman–Crippen MR) is 55.9 cm³/mol. The molecule has 0 bridgehead atoms. The van der Waals surface area contributed by atoms with Gasteiger partial charge >= 0.3 is 0 Å². The quantitative estimate of drug-likeness (QED) is 0.663. The molecular weight excluding hydrogens is 160 g/mol. The van der Waals surface area contributed by atoms with Crippen LogP contribution in [0.25, 0.3) is 0 Å². The van der Waals surface area contributed by atoms with E-state index in [1.165, 1.54) is 45.3 Å². The summed E-state index contributed by atoms with van der Waals surface area (Å²) in [5, 5.41) is 3.51. The summed E-state index contributed by atoms with van der Waals surface area (Å²) in [5.74, 6) is 0. The molecule has 0 aromatic carbocycles. The van der Waals surface area contributed by atoms with Crippen LogP contribution >= 0.6 is 0 Å². The molecule has 13 heavy (non-hydrogen) atoms. The molecule has 1 heterocycles. The number of piperazine rings is 1. The van der Waals surface area contributed by atoms with Crippen molar-refractivity contribution in [2.24, 2.45) is 0 Å². The number of hydrogen-bond acceptors (Lipinski definition) is 2. The third-order valence-corrected chi connectivity index (χ3v) is 3.81. The first kappa shape index (κ1) is 9.47. The van der Waals surface area contributed by atoms with Crippen molar-refractivity contribution >= 4 is 0 Å². The van der Waals surface area contributed by atoms with Gasteiger partial charge in [0.1, 0.15) is 0 Å². The van der Waals surface area contributed by atoms with Crippen LogP contribution in [0.15, 0.2) is 0 Å². The predicted octanol–water partition coefficient (Wildman–Crippen LogP) is 1.61. The first-order chi connectivity index (χ1) is 6.21. The zero-order valence-electron chi connectivity index (χ0n) is 8.97. The van der Waals surface area contributed by atoms with E-state index in [2.05, 4.69) is 24.1 Å². The van der Waals surface area contributed by atoms with E-state index in [0.29, 0.717) is 11.6 Å².